The van der Waals surface area contributed by atoms with Gasteiger partial charge in [0.2, 0.25) is 5.91 Å². The number of hydrogen-bond donors (Lipinski definition) is 2. The Labute approximate surface area is 124 Å². The molecule has 5 nitrogen and oxygen atoms in total. The van der Waals surface area contributed by atoms with Gasteiger partial charge >= 0.3 is 0 Å². The van der Waals surface area contributed by atoms with Crippen LogP contribution in [0.15, 0.2) is 49.1 Å². The van der Waals surface area contributed by atoms with Crippen LogP contribution in [0.4, 0.5) is 0 Å². The van der Waals surface area contributed by atoms with Crippen molar-refractivity contribution in [1.29, 1.82) is 0 Å². The van der Waals surface area contributed by atoms with Gasteiger partial charge in [-0.2, -0.15) is 0 Å². The number of nitrogens with one attached hydrogen (secondary N) is 1. The van der Waals surface area contributed by atoms with Crippen LogP contribution in [0.1, 0.15) is 18.4 Å². The average Bonchev–Trinajstić information content (AvgIpc) is 2.99. The summed E-state index contributed by atoms with van der Waals surface area (Å²) in [5, 5.41) is 12.7. The third-order valence-electron chi connectivity index (χ3n) is 3.23. The first-order chi connectivity index (χ1) is 10.2. The highest BCUT2D eigenvalue weighted by Crippen LogP contribution is 2.02. The molecule has 1 unspecified atom stereocenters. The Kier molecular flexibility index (Phi) is 5.97. The van der Waals surface area contributed by atoms with Crippen LogP contribution in [0, 0.1) is 0 Å². The molecule has 2 N–H and O–H groups in total. The van der Waals surface area contributed by atoms with Gasteiger partial charge < -0.3 is 15.0 Å². The summed E-state index contributed by atoms with van der Waals surface area (Å²) in [6.45, 7) is 1.07. The summed E-state index contributed by atoms with van der Waals surface area (Å²) in [5.74, 6) is -0.0257. The number of benzene rings is 1. The molecule has 0 radical (unpaired) electrons. The van der Waals surface area contributed by atoms with E-state index in [2.05, 4.69) is 10.3 Å². The summed E-state index contributed by atoms with van der Waals surface area (Å²) in [7, 11) is 0. The van der Waals surface area contributed by atoms with Crippen molar-refractivity contribution in [2.24, 2.45) is 0 Å². The van der Waals surface area contributed by atoms with Crippen LogP contribution >= 0.6 is 0 Å². The van der Waals surface area contributed by atoms with Crippen molar-refractivity contribution in [3.63, 3.8) is 0 Å². The van der Waals surface area contributed by atoms with Crippen LogP contribution < -0.4 is 5.32 Å². The first-order valence-electron chi connectivity index (χ1n) is 7.18. The highest BCUT2D eigenvalue weighted by Gasteiger charge is 2.08. The maximum absolute atomic E-state index is 11.7. The maximum atomic E-state index is 11.7. The topological polar surface area (TPSA) is 67.2 Å². The zero-order chi connectivity index (χ0) is 14.9. The predicted octanol–water partition coefficient (Wildman–Crippen LogP) is 1.38. The normalized spacial score (nSPS) is 12.0. The smallest absolute Gasteiger partial charge is 0.220 e. The Balaban J connectivity index is 1.60. The molecule has 1 atom stereocenters. The standard InChI is InChI=1S/C16H21N3O2/c20-15(11-14-5-2-1-3-6-14)12-18-16(21)7-4-9-19-10-8-17-13-19/h1-3,5-6,8,10,13,15,20H,4,7,9,11-12H2,(H,18,21). The Morgan fingerprint density at radius 1 is 1.33 bits per heavy atom. The highest BCUT2D eigenvalue weighted by molar-refractivity contribution is 5.75. The van der Waals surface area contributed by atoms with Gasteiger partial charge in [0.15, 0.2) is 0 Å². The first kappa shape index (κ1) is 15.3. The number of aryl methyl sites for hydroxylation is 1. The summed E-state index contributed by atoms with van der Waals surface area (Å²) < 4.78 is 1.94. The van der Waals surface area contributed by atoms with E-state index in [1.165, 1.54) is 0 Å². The Hall–Kier alpha value is -2.14. The van der Waals surface area contributed by atoms with Crippen LogP contribution in [-0.4, -0.2) is 33.2 Å². The van der Waals surface area contributed by atoms with Gasteiger partial charge in [-0.15, -0.1) is 0 Å². The minimum Gasteiger partial charge on any atom is -0.391 e. The van der Waals surface area contributed by atoms with Crippen LogP contribution in [0.5, 0.6) is 0 Å². The van der Waals surface area contributed by atoms with E-state index in [4.69, 9.17) is 0 Å². The Morgan fingerprint density at radius 2 is 2.14 bits per heavy atom. The van der Waals surface area contributed by atoms with Gasteiger partial charge in [0, 0.05) is 38.3 Å². The van der Waals surface area contributed by atoms with E-state index in [0.717, 1.165) is 18.5 Å². The number of carbonyl (C=O) groups excluding carboxylic acids is 1. The molecule has 1 amide bonds. The van der Waals surface area contributed by atoms with Gasteiger partial charge in [0.1, 0.15) is 0 Å². The number of aliphatic hydroxyl groups excluding tert-OH is 1. The number of rotatable bonds is 8. The van der Waals surface area contributed by atoms with Crippen LogP contribution in [0.3, 0.4) is 0 Å². The maximum Gasteiger partial charge on any atom is 0.220 e. The van der Waals surface area contributed by atoms with Crippen molar-refractivity contribution in [1.82, 2.24) is 14.9 Å². The van der Waals surface area contributed by atoms with Crippen molar-refractivity contribution >= 4 is 5.91 Å². The summed E-state index contributed by atoms with van der Waals surface area (Å²) in [4.78, 5) is 15.6. The molecule has 0 bridgehead atoms. The molecular formula is C16H21N3O2. The van der Waals surface area contributed by atoms with Gasteiger partial charge in [0.05, 0.1) is 12.4 Å². The molecule has 1 aromatic carbocycles. The summed E-state index contributed by atoms with van der Waals surface area (Å²) in [6.07, 6.45) is 6.55. The quantitative estimate of drug-likeness (QED) is 0.771. The fraction of sp³-hybridized carbons (Fsp3) is 0.375. The number of aromatic nitrogens is 2. The highest BCUT2D eigenvalue weighted by atomic mass is 16.3. The van der Waals surface area contributed by atoms with Crippen molar-refractivity contribution in [3.05, 3.63) is 54.6 Å². The summed E-state index contributed by atoms with van der Waals surface area (Å²) >= 11 is 0. The minimum absolute atomic E-state index is 0.0257. The molecule has 0 aliphatic carbocycles. The fourth-order valence-corrected chi connectivity index (χ4v) is 2.12. The van der Waals surface area contributed by atoms with E-state index in [-0.39, 0.29) is 5.91 Å². The van der Waals surface area contributed by atoms with E-state index in [9.17, 15) is 9.90 Å². The molecule has 21 heavy (non-hydrogen) atoms. The van der Waals surface area contributed by atoms with Gasteiger partial charge in [-0.05, 0) is 12.0 Å². The lowest BCUT2D eigenvalue weighted by Crippen LogP contribution is -2.33. The van der Waals surface area contributed by atoms with E-state index in [1.54, 1.807) is 12.5 Å². The van der Waals surface area contributed by atoms with E-state index < -0.39 is 6.10 Å². The SMILES string of the molecule is O=C(CCCn1ccnc1)NCC(O)Cc1ccccc1. The van der Waals surface area contributed by atoms with Gasteiger partial charge in [-0.1, -0.05) is 30.3 Å². The van der Waals surface area contributed by atoms with Crippen LogP contribution in [0.2, 0.25) is 0 Å². The Bertz CT molecular complexity index is 526. The molecule has 0 aliphatic rings. The zero-order valence-corrected chi connectivity index (χ0v) is 12.0. The number of nitrogens with zero attached hydrogens (tertiary/aromatic N) is 2. The molecule has 1 aromatic heterocycles. The van der Waals surface area contributed by atoms with Gasteiger partial charge in [-0.3, -0.25) is 4.79 Å². The van der Waals surface area contributed by atoms with E-state index >= 15 is 0 Å². The number of hydrogen-bond acceptors (Lipinski definition) is 3. The molecule has 2 aromatic rings. The average molecular weight is 287 g/mol. The molecule has 0 aliphatic heterocycles. The summed E-state index contributed by atoms with van der Waals surface area (Å²) in [5.41, 5.74) is 1.07. The molecular weight excluding hydrogens is 266 g/mol. The largest absolute Gasteiger partial charge is 0.391 e. The van der Waals surface area contributed by atoms with Crippen molar-refractivity contribution in [3.8, 4) is 0 Å². The van der Waals surface area contributed by atoms with Crippen LogP contribution in [0.25, 0.3) is 0 Å². The van der Waals surface area contributed by atoms with Crippen LogP contribution in [-0.2, 0) is 17.8 Å². The molecule has 0 fully saturated rings. The predicted molar refractivity (Wildman–Crippen MR) is 80.6 cm³/mol. The van der Waals surface area contributed by atoms with Crippen molar-refractivity contribution in [2.45, 2.75) is 31.9 Å². The molecule has 112 valence electrons. The van der Waals surface area contributed by atoms with Crippen molar-refractivity contribution in [2.75, 3.05) is 6.54 Å². The van der Waals surface area contributed by atoms with E-state index in [0.29, 0.717) is 19.4 Å². The molecule has 0 saturated carbocycles. The first-order valence-corrected chi connectivity index (χ1v) is 7.18. The number of aliphatic hydroxyl groups is 1. The fourth-order valence-electron chi connectivity index (χ4n) is 2.12. The third kappa shape index (κ3) is 5.79. The number of amides is 1. The zero-order valence-electron chi connectivity index (χ0n) is 12.0. The second-order valence-corrected chi connectivity index (χ2v) is 5.05. The second-order valence-electron chi connectivity index (χ2n) is 5.05. The van der Waals surface area contributed by atoms with Gasteiger partial charge in [-0.25, -0.2) is 4.98 Å². The molecule has 1 heterocycles. The lowest BCUT2D eigenvalue weighted by atomic mass is 10.1. The summed E-state index contributed by atoms with van der Waals surface area (Å²) in [6, 6.07) is 9.76. The molecule has 5 heteroatoms. The third-order valence-corrected chi connectivity index (χ3v) is 3.23. The molecule has 0 saturated heterocycles. The van der Waals surface area contributed by atoms with Gasteiger partial charge in [0.25, 0.3) is 0 Å². The number of carbonyl (C=O) groups is 1. The molecule has 0 spiro atoms. The number of imidazole rings is 1. The molecule has 2 rings (SSSR count). The second kappa shape index (κ2) is 8.21. The minimum atomic E-state index is -0.551. The van der Waals surface area contributed by atoms with Crippen molar-refractivity contribution < 1.29 is 9.90 Å². The lowest BCUT2D eigenvalue weighted by Gasteiger charge is -2.12. The lowest BCUT2D eigenvalue weighted by molar-refractivity contribution is -0.121. The monoisotopic (exact) mass is 287 g/mol. The van der Waals surface area contributed by atoms with E-state index in [1.807, 2.05) is 41.1 Å². The Morgan fingerprint density at radius 3 is 2.86 bits per heavy atom.